The minimum absolute atomic E-state index is 0.306. The van der Waals surface area contributed by atoms with Gasteiger partial charge in [-0.05, 0) is 42.3 Å². The Morgan fingerprint density at radius 3 is 2.24 bits per heavy atom. The van der Waals surface area contributed by atoms with Crippen molar-refractivity contribution in [2.75, 3.05) is 6.61 Å². The summed E-state index contributed by atoms with van der Waals surface area (Å²) in [5.41, 5.74) is 1.64. The molecule has 29 heavy (non-hydrogen) atoms. The number of hydrogen-bond acceptors (Lipinski definition) is 4. The fraction of sp³-hybridized carbons (Fsp3) is 0.182. The second-order valence-corrected chi connectivity index (χ2v) is 6.15. The van der Waals surface area contributed by atoms with Crippen LogP contribution in [0.1, 0.15) is 18.1 Å². The third-order valence-electron chi connectivity index (χ3n) is 3.98. The molecule has 0 fully saturated rings. The average molecular weight is 395 g/mol. The van der Waals surface area contributed by atoms with Gasteiger partial charge in [-0.2, -0.15) is 0 Å². The standard InChI is InChI=1S/C22H22FN3O3/c1-2-28-19-5-3-4-6-20(19)29-21-12-9-17(14-24-21)15-26-22(27)25-13-16-7-10-18(23)11-8-16/h3-12,14H,2,13,15H2,1H3,(H2,25,26,27). The number of rotatable bonds is 8. The molecule has 0 spiro atoms. The van der Waals surface area contributed by atoms with Gasteiger partial charge in [0.15, 0.2) is 11.5 Å². The molecule has 1 aromatic heterocycles. The van der Waals surface area contributed by atoms with Crippen LogP contribution in [0.2, 0.25) is 0 Å². The average Bonchev–Trinajstić information content (AvgIpc) is 2.74. The van der Waals surface area contributed by atoms with Gasteiger partial charge in [0.2, 0.25) is 5.88 Å². The number of pyridine rings is 1. The smallest absolute Gasteiger partial charge is 0.315 e. The fourth-order valence-electron chi connectivity index (χ4n) is 2.53. The molecule has 0 bridgehead atoms. The lowest BCUT2D eigenvalue weighted by molar-refractivity contribution is 0.240. The summed E-state index contributed by atoms with van der Waals surface area (Å²) in [5, 5.41) is 5.47. The number of nitrogens with zero attached hydrogens (tertiary/aromatic N) is 1. The van der Waals surface area contributed by atoms with E-state index in [4.69, 9.17) is 9.47 Å². The van der Waals surface area contributed by atoms with Crippen LogP contribution in [0.3, 0.4) is 0 Å². The molecule has 0 aliphatic heterocycles. The second kappa shape index (κ2) is 10.1. The Balaban J connectivity index is 1.48. The molecule has 2 aromatic carbocycles. The summed E-state index contributed by atoms with van der Waals surface area (Å²) in [7, 11) is 0. The van der Waals surface area contributed by atoms with E-state index in [1.807, 2.05) is 37.3 Å². The molecule has 0 aliphatic carbocycles. The monoisotopic (exact) mass is 395 g/mol. The van der Waals surface area contributed by atoms with Gasteiger partial charge in [-0.15, -0.1) is 0 Å². The van der Waals surface area contributed by atoms with Crippen LogP contribution in [0.15, 0.2) is 66.9 Å². The number of nitrogens with one attached hydrogen (secondary N) is 2. The van der Waals surface area contributed by atoms with Crippen molar-refractivity contribution in [1.29, 1.82) is 0 Å². The van der Waals surface area contributed by atoms with Gasteiger partial charge < -0.3 is 20.1 Å². The van der Waals surface area contributed by atoms with E-state index in [1.165, 1.54) is 12.1 Å². The molecule has 0 aliphatic rings. The zero-order chi connectivity index (χ0) is 20.5. The van der Waals surface area contributed by atoms with Crippen molar-refractivity contribution in [3.8, 4) is 17.4 Å². The Morgan fingerprint density at radius 2 is 1.59 bits per heavy atom. The maximum absolute atomic E-state index is 12.9. The highest BCUT2D eigenvalue weighted by Gasteiger charge is 2.07. The van der Waals surface area contributed by atoms with E-state index >= 15 is 0 Å². The van der Waals surface area contributed by atoms with E-state index in [9.17, 15) is 9.18 Å². The molecule has 6 nitrogen and oxygen atoms in total. The summed E-state index contributed by atoms with van der Waals surface area (Å²) in [4.78, 5) is 16.2. The molecular formula is C22H22FN3O3. The third-order valence-corrected chi connectivity index (χ3v) is 3.98. The number of ether oxygens (including phenoxy) is 2. The SMILES string of the molecule is CCOc1ccccc1Oc1ccc(CNC(=O)NCc2ccc(F)cc2)cn1. The molecule has 0 atom stereocenters. The van der Waals surface area contributed by atoms with E-state index in [2.05, 4.69) is 15.6 Å². The summed E-state index contributed by atoms with van der Waals surface area (Å²) in [6.07, 6.45) is 1.64. The molecule has 0 saturated carbocycles. The number of benzene rings is 2. The Hall–Kier alpha value is -3.61. The molecule has 3 rings (SSSR count). The van der Waals surface area contributed by atoms with Gasteiger partial charge in [0.25, 0.3) is 0 Å². The molecule has 2 amide bonds. The van der Waals surface area contributed by atoms with Crippen LogP contribution in [0.4, 0.5) is 9.18 Å². The van der Waals surface area contributed by atoms with Crippen LogP contribution < -0.4 is 20.1 Å². The first-order valence-corrected chi connectivity index (χ1v) is 9.25. The molecule has 3 aromatic rings. The van der Waals surface area contributed by atoms with E-state index in [0.29, 0.717) is 37.1 Å². The van der Waals surface area contributed by atoms with Gasteiger partial charge in [-0.25, -0.2) is 14.2 Å². The van der Waals surface area contributed by atoms with Crippen molar-refractivity contribution in [1.82, 2.24) is 15.6 Å². The number of para-hydroxylation sites is 2. The lowest BCUT2D eigenvalue weighted by Gasteiger charge is -2.11. The third kappa shape index (κ3) is 6.21. The van der Waals surface area contributed by atoms with E-state index in [1.54, 1.807) is 24.4 Å². The highest BCUT2D eigenvalue weighted by atomic mass is 19.1. The highest BCUT2D eigenvalue weighted by Crippen LogP contribution is 2.30. The van der Waals surface area contributed by atoms with Crippen molar-refractivity contribution in [3.05, 3.63) is 83.8 Å². The Bertz CT molecular complexity index is 931. The molecule has 2 N–H and O–H groups in total. The Morgan fingerprint density at radius 1 is 0.931 bits per heavy atom. The van der Waals surface area contributed by atoms with Gasteiger partial charge in [-0.3, -0.25) is 0 Å². The molecule has 0 saturated heterocycles. The lowest BCUT2D eigenvalue weighted by Crippen LogP contribution is -2.34. The summed E-state index contributed by atoms with van der Waals surface area (Å²) >= 11 is 0. The maximum atomic E-state index is 12.9. The van der Waals surface area contributed by atoms with E-state index in [-0.39, 0.29) is 11.8 Å². The number of urea groups is 1. The quantitative estimate of drug-likeness (QED) is 0.593. The van der Waals surface area contributed by atoms with Gasteiger partial charge in [0.05, 0.1) is 6.61 Å². The normalized spacial score (nSPS) is 10.3. The highest BCUT2D eigenvalue weighted by molar-refractivity contribution is 5.73. The van der Waals surface area contributed by atoms with Crippen molar-refractivity contribution in [2.24, 2.45) is 0 Å². The number of carbonyl (C=O) groups is 1. The van der Waals surface area contributed by atoms with Gasteiger partial charge >= 0.3 is 6.03 Å². The van der Waals surface area contributed by atoms with Crippen LogP contribution in [-0.2, 0) is 13.1 Å². The number of carbonyl (C=O) groups excluding carboxylic acids is 1. The molecule has 0 unspecified atom stereocenters. The zero-order valence-electron chi connectivity index (χ0n) is 16.0. The van der Waals surface area contributed by atoms with Crippen molar-refractivity contribution >= 4 is 6.03 Å². The van der Waals surface area contributed by atoms with Gasteiger partial charge in [0.1, 0.15) is 5.82 Å². The maximum Gasteiger partial charge on any atom is 0.315 e. The second-order valence-electron chi connectivity index (χ2n) is 6.15. The topological polar surface area (TPSA) is 72.5 Å². The van der Waals surface area contributed by atoms with Crippen LogP contribution in [0.25, 0.3) is 0 Å². The van der Waals surface area contributed by atoms with Crippen LogP contribution in [0, 0.1) is 5.82 Å². The predicted molar refractivity (Wildman–Crippen MR) is 107 cm³/mol. The first-order chi connectivity index (χ1) is 14.1. The van der Waals surface area contributed by atoms with Crippen LogP contribution >= 0.6 is 0 Å². The lowest BCUT2D eigenvalue weighted by atomic mass is 10.2. The predicted octanol–water partition coefficient (Wildman–Crippen LogP) is 4.41. The molecule has 0 radical (unpaired) electrons. The minimum atomic E-state index is -0.319. The number of aromatic nitrogens is 1. The summed E-state index contributed by atoms with van der Waals surface area (Å²) in [6, 6.07) is 16.6. The first-order valence-electron chi connectivity index (χ1n) is 9.25. The number of halogens is 1. The summed E-state index contributed by atoms with van der Waals surface area (Å²) in [5.74, 6) is 1.37. The largest absolute Gasteiger partial charge is 0.490 e. The van der Waals surface area contributed by atoms with Gasteiger partial charge in [-0.1, -0.05) is 30.3 Å². The fourth-order valence-corrected chi connectivity index (χ4v) is 2.53. The van der Waals surface area contributed by atoms with Crippen molar-refractivity contribution in [2.45, 2.75) is 20.0 Å². The number of amides is 2. The molecule has 7 heteroatoms. The van der Waals surface area contributed by atoms with Crippen molar-refractivity contribution < 1.29 is 18.7 Å². The molecule has 150 valence electrons. The van der Waals surface area contributed by atoms with Crippen molar-refractivity contribution in [3.63, 3.8) is 0 Å². The Kier molecular flexibility index (Phi) is 7.00. The molecular weight excluding hydrogens is 373 g/mol. The van der Waals surface area contributed by atoms with E-state index in [0.717, 1.165) is 11.1 Å². The number of hydrogen-bond donors (Lipinski definition) is 2. The zero-order valence-corrected chi connectivity index (χ0v) is 16.0. The van der Waals surface area contributed by atoms with E-state index < -0.39 is 0 Å². The summed E-state index contributed by atoms with van der Waals surface area (Å²) in [6.45, 7) is 3.09. The summed E-state index contributed by atoms with van der Waals surface area (Å²) < 4.78 is 24.2. The minimum Gasteiger partial charge on any atom is -0.490 e. The first kappa shape index (κ1) is 20.1. The molecule has 1 heterocycles. The Labute approximate surface area is 168 Å². The van der Waals surface area contributed by atoms with Gasteiger partial charge in [0, 0.05) is 25.4 Å². The van der Waals surface area contributed by atoms with Crippen LogP contribution in [0.5, 0.6) is 17.4 Å². The van der Waals surface area contributed by atoms with Crippen LogP contribution in [-0.4, -0.2) is 17.6 Å².